The van der Waals surface area contributed by atoms with Gasteiger partial charge in [0, 0.05) is 5.41 Å². The molecule has 0 aliphatic carbocycles. The third-order valence-electron chi connectivity index (χ3n) is 3.61. The Morgan fingerprint density at radius 1 is 1.13 bits per heavy atom. The molecule has 1 fully saturated rings. The summed E-state index contributed by atoms with van der Waals surface area (Å²) in [5.41, 5.74) is -4.07. The maximum Gasteiger partial charge on any atom is 0.416 e. The number of rotatable bonds is 1. The number of alkyl carbamates (subject to hydrolysis) is 1. The molecule has 3 nitrogen and oxygen atoms in total. The van der Waals surface area contributed by atoms with E-state index in [-0.39, 0.29) is 6.61 Å². The zero-order chi connectivity index (χ0) is 17.6. The number of ether oxygens (including phenoxy) is 1. The molecule has 1 atom stereocenters. The second-order valence-corrected chi connectivity index (χ2v) is 5.94. The van der Waals surface area contributed by atoms with Gasteiger partial charge in [-0.25, -0.2) is 4.79 Å². The average Bonchev–Trinajstić information content (AvgIpc) is 2.39. The van der Waals surface area contributed by atoms with E-state index in [1.807, 2.05) is 0 Å². The van der Waals surface area contributed by atoms with Gasteiger partial charge in [-0.3, -0.25) is 0 Å². The molecule has 23 heavy (non-hydrogen) atoms. The molecule has 1 amide bonds. The van der Waals surface area contributed by atoms with Crippen molar-refractivity contribution in [3.8, 4) is 0 Å². The van der Waals surface area contributed by atoms with Crippen LogP contribution in [0.25, 0.3) is 0 Å². The van der Waals surface area contributed by atoms with Crippen LogP contribution in [0, 0.1) is 5.41 Å². The van der Waals surface area contributed by atoms with E-state index in [0.29, 0.717) is 18.2 Å². The summed E-state index contributed by atoms with van der Waals surface area (Å²) in [6.07, 6.45) is -10.6. The van der Waals surface area contributed by atoms with Gasteiger partial charge in [0.2, 0.25) is 0 Å². The summed E-state index contributed by atoms with van der Waals surface area (Å²) in [6, 6.07) is -0.0698. The topological polar surface area (TPSA) is 38.3 Å². The molecule has 1 aliphatic rings. The summed E-state index contributed by atoms with van der Waals surface area (Å²) in [4.78, 5) is 11.3. The van der Waals surface area contributed by atoms with E-state index in [2.05, 4.69) is 5.32 Å². The maximum atomic E-state index is 13.2. The van der Waals surface area contributed by atoms with Gasteiger partial charge in [-0.1, -0.05) is 13.8 Å². The fourth-order valence-electron chi connectivity index (χ4n) is 2.42. The third kappa shape index (κ3) is 3.53. The molecular weight excluding hydrogens is 328 g/mol. The first-order valence-corrected chi connectivity index (χ1v) is 6.54. The molecule has 0 radical (unpaired) electrons. The van der Waals surface area contributed by atoms with Gasteiger partial charge in [0.05, 0.1) is 17.2 Å². The molecule has 0 aromatic heterocycles. The molecule has 1 N–H and O–H groups in total. The van der Waals surface area contributed by atoms with Crippen molar-refractivity contribution in [2.24, 2.45) is 5.41 Å². The summed E-state index contributed by atoms with van der Waals surface area (Å²) < 4.78 is 82.7. The fraction of sp³-hybridized carbons (Fsp3) is 0.500. The summed E-state index contributed by atoms with van der Waals surface area (Å²) in [6.45, 7) is 2.78. The van der Waals surface area contributed by atoms with Crippen molar-refractivity contribution in [1.82, 2.24) is 5.32 Å². The van der Waals surface area contributed by atoms with Gasteiger partial charge in [-0.15, -0.1) is 0 Å². The minimum Gasteiger partial charge on any atom is -0.449 e. The third-order valence-corrected chi connectivity index (χ3v) is 3.61. The number of alkyl halides is 6. The van der Waals surface area contributed by atoms with E-state index in [4.69, 9.17) is 4.74 Å². The Labute approximate surface area is 127 Å². The molecule has 1 aliphatic heterocycles. The van der Waals surface area contributed by atoms with Crippen molar-refractivity contribution >= 4 is 6.09 Å². The number of amides is 1. The van der Waals surface area contributed by atoms with Gasteiger partial charge < -0.3 is 10.1 Å². The molecule has 0 spiro atoms. The van der Waals surface area contributed by atoms with E-state index in [1.54, 1.807) is 0 Å². The highest BCUT2D eigenvalue weighted by molar-refractivity contribution is 5.69. The lowest BCUT2D eigenvalue weighted by atomic mass is 9.78. The maximum absolute atomic E-state index is 13.2. The van der Waals surface area contributed by atoms with Crippen LogP contribution in [-0.4, -0.2) is 12.7 Å². The number of benzene rings is 1. The van der Waals surface area contributed by atoms with Crippen molar-refractivity contribution in [1.29, 1.82) is 0 Å². The Morgan fingerprint density at radius 3 is 2.26 bits per heavy atom. The van der Waals surface area contributed by atoms with Crippen LogP contribution in [-0.2, 0) is 17.1 Å². The molecule has 1 heterocycles. The van der Waals surface area contributed by atoms with Gasteiger partial charge in [0.15, 0.2) is 0 Å². The van der Waals surface area contributed by atoms with Crippen molar-refractivity contribution < 1.29 is 35.9 Å². The Morgan fingerprint density at radius 2 is 1.74 bits per heavy atom. The second-order valence-electron chi connectivity index (χ2n) is 5.94. The molecular formula is C14H13F6NO2. The minimum absolute atomic E-state index is 0.211. The van der Waals surface area contributed by atoms with Crippen molar-refractivity contribution in [3.05, 3.63) is 34.9 Å². The lowest BCUT2D eigenvalue weighted by Gasteiger charge is -2.39. The Balaban J connectivity index is 2.63. The molecule has 1 saturated heterocycles. The van der Waals surface area contributed by atoms with Gasteiger partial charge in [-0.2, -0.15) is 26.3 Å². The Hall–Kier alpha value is -1.93. The minimum atomic E-state index is -4.85. The van der Waals surface area contributed by atoms with Crippen molar-refractivity contribution in [2.75, 3.05) is 6.61 Å². The van der Waals surface area contributed by atoms with E-state index in [0.717, 1.165) is 0 Å². The van der Waals surface area contributed by atoms with Crippen LogP contribution in [0.5, 0.6) is 0 Å². The highest BCUT2D eigenvalue weighted by Gasteiger charge is 2.44. The molecule has 1 aromatic carbocycles. The van der Waals surface area contributed by atoms with E-state index >= 15 is 0 Å². The number of carbonyl (C=O) groups excluding carboxylic acids is 1. The van der Waals surface area contributed by atoms with Gasteiger partial charge in [0.1, 0.15) is 6.61 Å². The van der Waals surface area contributed by atoms with E-state index in [9.17, 15) is 31.1 Å². The van der Waals surface area contributed by atoms with Crippen LogP contribution in [0.1, 0.15) is 36.6 Å². The number of nitrogens with one attached hydrogen (secondary N) is 1. The first kappa shape index (κ1) is 17.4. The van der Waals surface area contributed by atoms with Crippen LogP contribution in [0.15, 0.2) is 18.2 Å². The monoisotopic (exact) mass is 341 g/mol. The molecule has 1 aromatic rings. The second kappa shape index (κ2) is 5.31. The lowest BCUT2D eigenvalue weighted by Crippen LogP contribution is -2.47. The molecule has 2 rings (SSSR count). The first-order valence-electron chi connectivity index (χ1n) is 6.54. The first-order chi connectivity index (χ1) is 10.3. The predicted octanol–water partition coefficient (Wildman–Crippen LogP) is 4.53. The molecule has 0 saturated carbocycles. The van der Waals surface area contributed by atoms with Crippen LogP contribution >= 0.6 is 0 Å². The standard InChI is InChI=1S/C14H13F6NO2/c1-12(2)6-23-11(22)21-10(12)8-5-7(13(15,16)17)3-4-9(8)14(18,19)20/h3-5,10H,6H2,1-2H3,(H,21,22)/t10-/m1/s1. The largest absolute Gasteiger partial charge is 0.449 e. The Kier molecular flexibility index (Phi) is 4.02. The summed E-state index contributed by atoms with van der Waals surface area (Å²) in [7, 11) is 0. The zero-order valence-electron chi connectivity index (χ0n) is 12.1. The van der Waals surface area contributed by atoms with Crippen LogP contribution in [0.2, 0.25) is 0 Å². The van der Waals surface area contributed by atoms with Crippen molar-refractivity contribution in [3.63, 3.8) is 0 Å². The highest BCUT2D eigenvalue weighted by atomic mass is 19.4. The van der Waals surface area contributed by atoms with Crippen molar-refractivity contribution in [2.45, 2.75) is 32.2 Å². The number of halogens is 6. The number of hydrogen-bond acceptors (Lipinski definition) is 2. The summed E-state index contributed by atoms with van der Waals surface area (Å²) in [5.74, 6) is 0. The van der Waals surface area contributed by atoms with Crippen LogP contribution in [0.4, 0.5) is 31.1 Å². The number of carbonyl (C=O) groups is 1. The molecule has 9 heteroatoms. The van der Waals surface area contributed by atoms with Crippen LogP contribution in [0.3, 0.4) is 0 Å². The zero-order valence-corrected chi connectivity index (χ0v) is 12.1. The molecule has 0 unspecified atom stereocenters. The fourth-order valence-corrected chi connectivity index (χ4v) is 2.42. The molecule has 0 bridgehead atoms. The quantitative estimate of drug-likeness (QED) is 0.762. The average molecular weight is 341 g/mol. The van der Waals surface area contributed by atoms with Gasteiger partial charge in [-0.05, 0) is 23.8 Å². The molecule has 128 valence electrons. The number of hydrogen-bond donors (Lipinski definition) is 1. The van der Waals surface area contributed by atoms with Gasteiger partial charge in [0.25, 0.3) is 0 Å². The summed E-state index contributed by atoms with van der Waals surface area (Å²) in [5, 5.41) is 2.19. The highest BCUT2D eigenvalue weighted by Crippen LogP contribution is 2.44. The van der Waals surface area contributed by atoms with Crippen LogP contribution < -0.4 is 5.32 Å². The number of cyclic esters (lactones) is 1. The SMILES string of the molecule is CC1(C)COC(=O)N[C@@H]1c1cc(C(F)(F)F)ccc1C(F)(F)F. The summed E-state index contributed by atoms with van der Waals surface area (Å²) >= 11 is 0. The predicted molar refractivity (Wildman–Crippen MR) is 67.5 cm³/mol. The lowest BCUT2D eigenvalue weighted by molar-refractivity contribution is -0.142. The smallest absolute Gasteiger partial charge is 0.416 e. The Bertz CT molecular complexity index is 621. The van der Waals surface area contributed by atoms with E-state index < -0.39 is 46.6 Å². The normalized spacial score (nSPS) is 21.6. The van der Waals surface area contributed by atoms with Gasteiger partial charge >= 0.3 is 18.4 Å². The van der Waals surface area contributed by atoms with E-state index in [1.165, 1.54) is 13.8 Å².